The number of hydrogen-bond acceptors (Lipinski definition) is 2. The van der Waals surface area contributed by atoms with Crippen molar-refractivity contribution in [3.05, 3.63) is 71.9 Å². The molecule has 4 aromatic rings. The number of hydrogen-bond donors (Lipinski definition) is 0. The summed E-state index contributed by atoms with van der Waals surface area (Å²) in [5, 5.41) is 4.74. The lowest BCUT2D eigenvalue weighted by atomic mass is 10.0. The van der Waals surface area contributed by atoms with Crippen molar-refractivity contribution in [3.8, 4) is 0 Å². The Bertz CT molecular complexity index is 1140. The zero-order valence-electron chi connectivity index (χ0n) is 14.8. The van der Waals surface area contributed by atoms with Gasteiger partial charge in [0.25, 0.3) is 0 Å². The molecule has 25 heavy (non-hydrogen) atoms. The third-order valence-electron chi connectivity index (χ3n) is 4.74. The summed E-state index contributed by atoms with van der Waals surface area (Å²) in [6.07, 6.45) is 2.89. The van der Waals surface area contributed by atoms with Crippen LogP contribution in [0.4, 0.5) is 0 Å². The van der Waals surface area contributed by atoms with Crippen molar-refractivity contribution in [2.75, 3.05) is 0 Å². The fourth-order valence-electron chi connectivity index (χ4n) is 3.32. The molecule has 0 N–H and O–H groups in total. The molecule has 2 nitrogen and oxygen atoms in total. The summed E-state index contributed by atoms with van der Waals surface area (Å²) < 4.78 is 6.29. The third-order valence-corrected chi connectivity index (χ3v) is 4.74. The van der Waals surface area contributed by atoms with Crippen molar-refractivity contribution in [3.63, 3.8) is 0 Å². The minimum atomic E-state index is 0.864. The molecule has 0 aliphatic carbocycles. The van der Waals surface area contributed by atoms with Crippen LogP contribution in [0.1, 0.15) is 32.8 Å². The summed E-state index contributed by atoms with van der Waals surface area (Å²) in [5.41, 5.74) is 5.03. The van der Waals surface area contributed by atoms with Gasteiger partial charge in [-0.2, -0.15) is 0 Å². The minimum Gasteiger partial charge on any atom is -0.455 e. The van der Waals surface area contributed by atoms with Crippen LogP contribution in [0, 0.1) is 0 Å². The van der Waals surface area contributed by atoms with E-state index in [1.807, 2.05) is 19.9 Å². The number of fused-ring (bicyclic) bond motifs is 4. The number of rotatable bonds is 3. The highest BCUT2D eigenvalue weighted by Gasteiger charge is 2.14. The average Bonchev–Trinajstić information content (AvgIpc) is 3.01. The van der Waals surface area contributed by atoms with Gasteiger partial charge in [-0.3, -0.25) is 4.99 Å². The van der Waals surface area contributed by atoms with Gasteiger partial charge in [0.2, 0.25) is 0 Å². The van der Waals surface area contributed by atoms with E-state index in [0.29, 0.717) is 0 Å². The van der Waals surface area contributed by atoms with E-state index >= 15 is 0 Å². The molecule has 3 aromatic carbocycles. The Balaban J connectivity index is 2.04. The van der Waals surface area contributed by atoms with Gasteiger partial charge in [0.1, 0.15) is 11.2 Å². The van der Waals surface area contributed by atoms with Crippen molar-refractivity contribution in [2.24, 2.45) is 4.99 Å². The van der Waals surface area contributed by atoms with Crippen molar-refractivity contribution >= 4 is 38.4 Å². The molecule has 0 aliphatic heterocycles. The monoisotopic (exact) mass is 327 g/mol. The lowest BCUT2D eigenvalue weighted by molar-refractivity contribution is 0.668. The molecule has 0 radical (unpaired) electrons. The number of para-hydroxylation sites is 1. The summed E-state index contributed by atoms with van der Waals surface area (Å²) in [7, 11) is 0. The van der Waals surface area contributed by atoms with Gasteiger partial charge in [0.15, 0.2) is 0 Å². The van der Waals surface area contributed by atoms with Crippen molar-refractivity contribution in [2.45, 2.75) is 27.2 Å². The highest BCUT2D eigenvalue weighted by Crippen LogP contribution is 2.34. The summed E-state index contributed by atoms with van der Waals surface area (Å²) in [6, 6.07) is 19.1. The Morgan fingerprint density at radius 3 is 2.48 bits per heavy atom. The van der Waals surface area contributed by atoms with Gasteiger partial charge in [-0.05, 0) is 49.2 Å². The summed E-state index contributed by atoms with van der Waals surface area (Å²) in [5.74, 6) is 0. The molecule has 0 atom stereocenters. The Morgan fingerprint density at radius 1 is 1.00 bits per heavy atom. The SMILES string of the molecule is C/C=C(/C)N=C(CC)c1cccc2c1oc1cc3ccccc3cc12. The fourth-order valence-corrected chi connectivity index (χ4v) is 3.32. The molecule has 0 amide bonds. The fraction of sp³-hybridized carbons (Fsp3) is 0.174. The van der Waals surface area contributed by atoms with Crippen molar-refractivity contribution in [1.29, 1.82) is 0 Å². The molecule has 0 spiro atoms. The lowest BCUT2D eigenvalue weighted by Gasteiger charge is -2.05. The van der Waals surface area contributed by atoms with Gasteiger partial charge in [-0.1, -0.05) is 49.4 Å². The van der Waals surface area contributed by atoms with Crippen LogP contribution in [0.2, 0.25) is 0 Å². The number of furan rings is 1. The molecule has 1 heterocycles. The van der Waals surface area contributed by atoms with Crippen LogP contribution in [0.3, 0.4) is 0 Å². The van der Waals surface area contributed by atoms with Crippen LogP contribution < -0.4 is 0 Å². The molecule has 1 aromatic heterocycles. The maximum atomic E-state index is 6.29. The molecule has 0 saturated carbocycles. The Labute approximate surface area is 147 Å². The maximum Gasteiger partial charge on any atom is 0.144 e. The molecular formula is C23H21NO. The zero-order chi connectivity index (χ0) is 17.4. The smallest absolute Gasteiger partial charge is 0.144 e. The van der Waals surface area contributed by atoms with E-state index in [4.69, 9.17) is 9.41 Å². The first kappa shape index (κ1) is 15.6. The Kier molecular flexibility index (Phi) is 3.89. The minimum absolute atomic E-state index is 0.864. The number of allylic oxidation sites excluding steroid dienone is 2. The number of nitrogens with zero attached hydrogens (tertiary/aromatic N) is 1. The third kappa shape index (κ3) is 2.64. The topological polar surface area (TPSA) is 25.5 Å². The van der Waals surface area contributed by atoms with E-state index in [2.05, 4.69) is 61.5 Å². The molecule has 124 valence electrons. The second kappa shape index (κ2) is 6.21. The highest BCUT2D eigenvalue weighted by molar-refractivity contribution is 6.17. The molecule has 2 heteroatoms. The van der Waals surface area contributed by atoms with Gasteiger partial charge >= 0.3 is 0 Å². The molecule has 0 unspecified atom stereocenters. The molecule has 0 saturated heterocycles. The molecule has 0 aliphatic rings. The van der Waals surface area contributed by atoms with Crippen LogP contribution >= 0.6 is 0 Å². The Hall–Kier alpha value is -2.87. The highest BCUT2D eigenvalue weighted by atomic mass is 16.3. The summed E-state index contributed by atoms with van der Waals surface area (Å²) >= 11 is 0. The van der Waals surface area contributed by atoms with E-state index in [1.165, 1.54) is 10.8 Å². The van der Waals surface area contributed by atoms with Gasteiger partial charge in [0.05, 0.1) is 5.71 Å². The second-order valence-electron chi connectivity index (χ2n) is 6.32. The first-order valence-electron chi connectivity index (χ1n) is 8.76. The zero-order valence-corrected chi connectivity index (χ0v) is 14.8. The maximum absolute atomic E-state index is 6.29. The van der Waals surface area contributed by atoms with Crippen LogP contribution in [-0.2, 0) is 0 Å². The standard InChI is InChI=1S/C23H21NO/c1-4-15(3)24-21(5-2)19-12-8-11-18-20-13-16-9-6-7-10-17(16)14-22(20)25-23(18)19/h4,6-14H,5H2,1-3H3/b15-4-,24-21?. The molecule has 0 bridgehead atoms. The lowest BCUT2D eigenvalue weighted by Crippen LogP contribution is -1.99. The normalized spacial score (nSPS) is 13.2. The predicted octanol–water partition coefficient (Wildman–Crippen LogP) is 6.86. The Morgan fingerprint density at radius 2 is 1.76 bits per heavy atom. The number of aliphatic imine (C=N–C) groups is 1. The molecule has 4 rings (SSSR count). The van der Waals surface area contributed by atoms with Crippen LogP contribution in [-0.4, -0.2) is 5.71 Å². The summed E-state index contributed by atoms with van der Waals surface area (Å²) in [4.78, 5) is 4.78. The van der Waals surface area contributed by atoms with Crippen molar-refractivity contribution < 1.29 is 4.42 Å². The van der Waals surface area contributed by atoms with Crippen LogP contribution in [0.5, 0.6) is 0 Å². The van der Waals surface area contributed by atoms with E-state index in [9.17, 15) is 0 Å². The van der Waals surface area contributed by atoms with Gasteiger partial charge in [-0.15, -0.1) is 0 Å². The van der Waals surface area contributed by atoms with E-state index < -0.39 is 0 Å². The van der Waals surface area contributed by atoms with E-state index in [1.54, 1.807) is 0 Å². The second-order valence-corrected chi connectivity index (χ2v) is 6.32. The van der Waals surface area contributed by atoms with Gasteiger partial charge < -0.3 is 4.42 Å². The van der Waals surface area contributed by atoms with Crippen LogP contribution in [0.25, 0.3) is 32.7 Å². The predicted molar refractivity (Wildman–Crippen MR) is 107 cm³/mol. The van der Waals surface area contributed by atoms with Gasteiger partial charge in [-0.25, -0.2) is 0 Å². The number of benzene rings is 3. The quantitative estimate of drug-likeness (QED) is 0.377. The first-order valence-corrected chi connectivity index (χ1v) is 8.76. The average molecular weight is 327 g/mol. The summed E-state index contributed by atoms with van der Waals surface area (Å²) in [6.45, 7) is 6.18. The first-order chi connectivity index (χ1) is 12.2. The largest absolute Gasteiger partial charge is 0.455 e. The molecule has 0 fully saturated rings. The van der Waals surface area contributed by atoms with Crippen LogP contribution in [0.15, 0.2) is 75.8 Å². The van der Waals surface area contributed by atoms with E-state index in [-0.39, 0.29) is 0 Å². The van der Waals surface area contributed by atoms with E-state index in [0.717, 1.165) is 45.3 Å². The van der Waals surface area contributed by atoms with Crippen molar-refractivity contribution in [1.82, 2.24) is 0 Å². The molecular weight excluding hydrogens is 306 g/mol. The van der Waals surface area contributed by atoms with Gasteiger partial charge in [0, 0.05) is 22.0 Å².